The van der Waals surface area contributed by atoms with Gasteiger partial charge in [0, 0.05) is 12.6 Å². The van der Waals surface area contributed by atoms with Crippen LogP contribution in [0.1, 0.15) is 21.5 Å². The smallest absolute Gasteiger partial charge is 0.321 e. The van der Waals surface area contributed by atoms with E-state index in [1.54, 1.807) is 12.1 Å². The molecule has 1 aliphatic carbocycles. The summed E-state index contributed by atoms with van der Waals surface area (Å²) in [5.41, 5.74) is 4.82. The summed E-state index contributed by atoms with van der Waals surface area (Å²) in [5.74, 6) is -1.81. The minimum absolute atomic E-state index is 0.149. The van der Waals surface area contributed by atoms with Crippen LogP contribution in [-0.2, 0) is 26.0 Å². The lowest BCUT2D eigenvalue weighted by Gasteiger charge is -2.16. The van der Waals surface area contributed by atoms with Gasteiger partial charge in [0.2, 0.25) is 10.0 Å². The average Bonchev–Trinajstić information content (AvgIpc) is 3.15. The number of fused-ring (bicyclic) bond motifs is 3. The fourth-order valence-electron chi connectivity index (χ4n) is 3.63. The first kappa shape index (κ1) is 21.9. The molecule has 32 heavy (non-hydrogen) atoms. The van der Waals surface area contributed by atoms with Crippen molar-refractivity contribution in [2.45, 2.75) is 11.3 Å². The van der Waals surface area contributed by atoms with Crippen molar-refractivity contribution in [1.82, 2.24) is 4.31 Å². The molecule has 1 aliphatic rings. The number of Topliss-reactive ketones (excluding diaryl/α,β-unsaturated/α-hetero) is 1. The number of carbonyl (C=O) groups is 2. The highest BCUT2D eigenvalue weighted by Gasteiger charge is 2.24. The Morgan fingerprint density at radius 1 is 0.969 bits per heavy atom. The molecule has 0 heterocycles. The Morgan fingerprint density at radius 3 is 2.41 bits per heavy atom. The molecule has 0 saturated carbocycles. The van der Waals surface area contributed by atoms with Crippen molar-refractivity contribution in [1.29, 1.82) is 0 Å². The molecule has 0 amide bonds. The van der Waals surface area contributed by atoms with Crippen LogP contribution in [0.5, 0.6) is 0 Å². The van der Waals surface area contributed by atoms with Gasteiger partial charge in [0.15, 0.2) is 12.4 Å². The number of hydrogen-bond acceptors (Lipinski definition) is 5. The molecule has 4 rings (SSSR count). The molecule has 0 bridgehead atoms. The second kappa shape index (κ2) is 8.64. The van der Waals surface area contributed by atoms with Crippen LogP contribution in [0, 0.1) is 5.82 Å². The molecule has 0 aromatic heterocycles. The minimum atomic E-state index is -4.00. The van der Waals surface area contributed by atoms with E-state index in [1.165, 1.54) is 12.6 Å². The fourth-order valence-corrected chi connectivity index (χ4v) is 4.74. The molecule has 6 nitrogen and oxygen atoms in total. The van der Waals surface area contributed by atoms with Crippen LogP contribution in [0.4, 0.5) is 4.39 Å². The average molecular weight is 453 g/mol. The highest BCUT2D eigenvalue weighted by Crippen LogP contribution is 2.36. The largest absolute Gasteiger partial charge is 0.456 e. The monoisotopic (exact) mass is 453 g/mol. The molecule has 3 aromatic rings. The first-order chi connectivity index (χ1) is 15.3. The van der Waals surface area contributed by atoms with Crippen LogP contribution < -0.4 is 0 Å². The van der Waals surface area contributed by atoms with Crippen LogP contribution in [0.2, 0.25) is 0 Å². The van der Waals surface area contributed by atoms with Gasteiger partial charge in [-0.05, 0) is 59.0 Å². The van der Waals surface area contributed by atoms with E-state index in [9.17, 15) is 22.4 Å². The van der Waals surface area contributed by atoms with Gasteiger partial charge in [0.05, 0.1) is 4.90 Å². The Bertz CT molecular complexity index is 1300. The summed E-state index contributed by atoms with van der Waals surface area (Å²) in [4.78, 5) is 24.5. The highest BCUT2D eigenvalue weighted by molar-refractivity contribution is 7.89. The maximum atomic E-state index is 13.0. The van der Waals surface area contributed by atoms with E-state index < -0.39 is 35.0 Å². The highest BCUT2D eigenvalue weighted by atomic mass is 32.2. The summed E-state index contributed by atoms with van der Waals surface area (Å²) in [6.07, 6.45) is 0.809. The number of sulfonamides is 1. The Morgan fingerprint density at radius 2 is 1.66 bits per heavy atom. The van der Waals surface area contributed by atoms with E-state index in [0.29, 0.717) is 5.56 Å². The molecule has 0 saturated heterocycles. The summed E-state index contributed by atoms with van der Waals surface area (Å²) in [6.45, 7) is -1.08. The molecule has 0 aliphatic heterocycles. The van der Waals surface area contributed by atoms with Crippen molar-refractivity contribution >= 4 is 21.8 Å². The number of ether oxygens (including phenoxy) is 1. The summed E-state index contributed by atoms with van der Waals surface area (Å²) in [5, 5.41) is 0. The van der Waals surface area contributed by atoms with Gasteiger partial charge in [-0.2, -0.15) is 4.31 Å². The van der Waals surface area contributed by atoms with Gasteiger partial charge < -0.3 is 4.74 Å². The van der Waals surface area contributed by atoms with Gasteiger partial charge in [0.25, 0.3) is 0 Å². The SMILES string of the molecule is CN(CC(=O)OCC(=O)c1ccc2c(c1)-c1ccccc1C2)S(=O)(=O)c1ccc(F)cc1. The maximum absolute atomic E-state index is 13.0. The second-order valence-corrected chi connectivity index (χ2v) is 9.55. The second-order valence-electron chi connectivity index (χ2n) is 7.50. The van der Waals surface area contributed by atoms with Gasteiger partial charge in [-0.3, -0.25) is 9.59 Å². The lowest BCUT2D eigenvalue weighted by atomic mass is 10.0. The third kappa shape index (κ3) is 4.32. The zero-order chi connectivity index (χ0) is 22.9. The van der Waals surface area contributed by atoms with Crippen molar-refractivity contribution in [3.8, 4) is 11.1 Å². The third-order valence-corrected chi connectivity index (χ3v) is 7.18. The number of esters is 1. The molecule has 0 fully saturated rings. The molecule has 0 spiro atoms. The molecule has 0 radical (unpaired) electrons. The zero-order valence-electron chi connectivity index (χ0n) is 17.2. The molecular formula is C24H20FNO5S. The predicted molar refractivity (Wildman–Crippen MR) is 116 cm³/mol. The van der Waals surface area contributed by atoms with Crippen LogP contribution in [0.15, 0.2) is 71.6 Å². The molecule has 164 valence electrons. The molecule has 8 heteroatoms. The molecule has 0 unspecified atom stereocenters. The van der Waals surface area contributed by atoms with Crippen LogP contribution in [-0.4, -0.2) is 44.7 Å². The normalized spacial score (nSPS) is 12.3. The number of carbonyl (C=O) groups excluding carboxylic acids is 2. The first-order valence-corrected chi connectivity index (χ1v) is 11.3. The summed E-state index contributed by atoms with van der Waals surface area (Å²) in [6, 6.07) is 17.6. The molecule has 0 N–H and O–H groups in total. The van der Waals surface area contributed by atoms with Gasteiger partial charge in [-0.1, -0.05) is 36.4 Å². The van der Waals surface area contributed by atoms with Crippen molar-refractivity contribution in [2.75, 3.05) is 20.2 Å². The van der Waals surface area contributed by atoms with Crippen LogP contribution >= 0.6 is 0 Å². The Hall–Kier alpha value is -3.36. The van der Waals surface area contributed by atoms with Crippen molar-refractivity contribution in [3.63, 3.8) is 0 Å². The van der Waals surface area contributed by atoms with Gasteiger partial charge in [-0.15, -0.1) is 0 Å². The van der Waals surface area contributed by atoms with E-state index in [0.717, 1.165) is 51.7 Å². The number of ketones is 1. The lowest BCUT2D eigenvalue weighted by molar-refractivity contribution is -0.142. The molecule has 0 atom stereocenters. The van der Waals surface area contributed by atoms with Crippen molar-refractivity contribution in [3.05, 3.63) is 89.2 Å². The predicted octanol–water partition coefficient (Wildman–Crippen LogP) is 3.44. The van der Waals surface area contributed by atoms with Gasteiger partial charge >= 0.3 is 5.97 Å². The maximum Gasteiger partial charge on any atom is 0.321 e. The van der Waals surface area contributed by atoms with E-state index in [4.69, 9.17) is 4.74 Å². The topological polar surface area (TPSA) is 80.8 Å². The lowest BCUT2D eigenvalue weighted by Crippen LogP contribution is -2.33. The molecule has 3 aromatic carbocycles. The van der Waals surface area contributed by atoms with E-state index in [1.807, 2.05) is 24.3 Å². The van der Waals surface area contributed by atoms with E-state index in [-0.39, 0.29) is 10.7 Å². The van der Waals surface area contributed by atoms with Crippen LogP contribution in [0.25, 0.3) is 11.1 Å². The minimum Gasteiger partial charge on any atom is -0.456 e. The number of hydrogen-bond donors (Lipinski definition) is 0. The number of likely N-dealkylation sites (N-methyl/N-ethyl adjacent to an activating group) is 1. The number of nitrogens with zero attached hydrogens (tertiary/aromatic N) is 1. The summed E-state index contributed by atoms with van der Waals surface area (Å²) >= 11 is 0. The Kier molecular flexibility index (Phi) is 5.90. The zero-order valence-corrected chi connectivity index (χ0v) is 18.1. The van der Waals surface area contributed by atoms with Gasteiger partial charge in [0.1, 0.15) is 12.4 Å². The van der Waals surface area contributed by atoms with Crippen LogP contribution in [0.3, 0.4) is 0 Å². The first-order valence-electron chi connectivity index (χ1n) is 9.87. The number of halogens is 1. The Balaban J connectivity index is 1.38. The van der Waals surface area contributed by atoms with Gasteiger partial charge in [-0.25, -0.2) is 12.8 Å². The summed E-state index contributed by atoms with van der Waals surface area (Å²) < 4.78 is 43.8. The van der Waals surface area contributed by atoms with E-state index >= 15 is 0 Å². The van der Waals surface area contributed by atoms with E-state index in [2.05, 4.69) is 6.07 Å². The summed E-state index contributed by atoms with van der Waals surface area (Å²) in [7, 11) is -2.79. The van der Waals surface area contributed by atoms with Crippen molar-refractivity contribution < 1.29 is 27.1 Å². The number of rotatable bonds is 7. The Labute approximate surface area is 185 Å². The quantitative estimate of drug-likeness (QED) is 0.316. The van der Waals surface area contributed by atoms with Crippen molar-refractivity contribution in [2.24, 2.45) is 0 Å². The third-order valence-electron chi connectivity index (χ3n) is 5.36. The standard InChI is InChI=1S/C24H20FNO5S/c1-26(32(29,30)20-10-8-19(25)9-11-20)14-24(28)31-15-23(27)18-7-6-17-12-16-4-2-3-5-21(16)22(17)13-18/h2-11,13H,12,14-15H2,1H3. The number of benzene rings is 3. The molecular weight excluding hydrogens is 433 g/mol. The fraction of sp³-hybridized carbons (Fsp3) is 0.167.